The number of benzene rings is 1. The first kappa shape index (κ1) is 31.1. The highest BCUT2D eigenvalue weighted by molar-refractivity contribution is 5.91. The number of pyridine rings is 1. The SMILES string of the molecule is COC[C@]1(C)/C=C/c2ccc3ccc(nc3c2)C(C)NC(=O)[C@@H]2CCCN(N2)C(=O)[C@H](C)NC(=O)[C@H](C(C)C)OC1=O. The fourth-order valence-electron chi connectivity index (χ4n) is 5.11. The van der Waals surface area contributed by atoms with Gasteiger partial charge in [-0.05, 0) is 57.2 Å². The predicted octanol–water partition coefficient (Wildman–Crippen LogP) is 2.66. The van der Waals surface area contributed by atoms with E-state index in [0.29, 0.717) is 25.1 Å². The second-order valence-electron chi connectivity index (χ2n) is 11.7. The van der Waals surface area contributed by atoms with E-state index >= 15 is 0 Å². The van der Waals surface area contributed by atoms with Crippen LogP contribution in [-0.2, 0) is 28.7 Å². The number of nitrogens with one attached hydrogen (secondary N) is 3. The predicted molar refractivity (Wildman–Crippen MR) is 158 cm³/mol. The molecule has 11 nitrogen and oxygen atoms in total. The lowest BCUT2D eigenvalue weighted by molar-refractivity contribution is -0.168. The highest BCUT2D eigenvalue weighted by Gasteiger charge is 2.38. The first-order valence-corrected chi connectivity index (χ1v) is 14.4. The molecule has 1 aromatic carbocycles. The van der Waals surface area contributed by atoms with Gasteiger partial charge in [0.1, 0.15) is 17.5 Å². The smallest absolute Gasteiger partial charge is 0.318 e. The number of methoxy groups -OCH3 is 1. The summed E-state index contributed by atoms with van der Waals surface area (Å²) >= 11 is 0. The molecular formula is C31H41N5O6. The zero-order valence-electron chi connectivity index (χ0n) is 25.1. The maximum Gasteiger partial charge on any atom is 0.318 e. The van der Waals surface area contributed by atoms with Crippen LogP contribution in [0.2, 0.25) is 0 Å². The van der Waals surface area contributed by atoms with E-state index in [1.54, 1.807) is 39.8 Å². The van der Waals surface area contributed by atoms with Gasteiger partial charge in [0, 0.05) is 19.0 Å². The minimum absolute atomic E-state index is 0.0264. The van der Waals surface area contributed by atoms with Gasteiger partial charge in [-0.15, -0.1) is 0 Å². The number of hydrazine groups is 1. The second-order valence-corrected chi connectivity index (χ2v) is 11.7. The highest BCUT2D eigenvalue weighted by Crippen LogP contribution is 2.26. The number of ether oxygens (including phenoxy) is 2. The summed E-state index contributed by atoms with van der Waals surface area (Å²) in [6.07, 6.45) is 3.53. The van der Waals surface area contributed by atoms with Crippen LogP contribution in [-0.4, -0.2) is 72.1 Å². The number of hydrogen-bond acceptors (Lipinski definition) is 8. The highest BCUT2D eigenvalue weighted by atomic mass is 16.6. The Labute approximate surface area is 246 Å². The van der Waals surface area contributed by atoms with Crippen LogP contribution in [0.15, 0.2) is 36.4 Å². The molecule has 1 unspecified atom stereocenters. The van der Waals surface area contributed by atoms with Crippen molar-refractivity contribution in [2.75, 3.05) is 20.3 Å². The van der Waals surface area contributed by atoms with Gasteiger partial charge in [0.15, 0.2) is 6.10 Å². The van der Waals surface area contributed by atoms with Crippen molar-refractivity contribution in [1.29, 1.82) is 0 Å². The number of cyclic esters (lactones) is 1. The standard InChI is InChI=1S/C31H41N5O6/c1-18(2)26-28(38)33-20(4)29(39)36-15-7-8-24(35-36)27(37)32-19(3)23-12-11-22-10-9-21(16-25(22)34-23)13-14-31(5,17-41-6)30(40)42-26/h9-14,16,18-20,24,26,35H,7-8,15,17H2,1-6H3,(H,32,37)(H,33,38)/b14-13+/t19?,20-,24-,26-,31-/m0/s1. The number of esters is 1. The third-order valence-electron chi connectivity index (χ3n) is 7.69. The molecule has 4 rings (SSSR count). The van der Waals surface area contributed by atoms with Gasteiger partial charge in [-0.1, -0.05) is 44.2 Å². The van der Waals surface area contributed by atoms with Crippen molar-refractivity contribution in [2.24, 2.45) is 11.3 Å². The average Bonchev–Trinajstić information content (AvgIpc) is 2.97. The number of nitrogens with zero attached hydrogens (tertiary/aromatic N) is 2. The molecule has 1 saturated heterocycles. The van der Waals surface area contributed by atoms with Crippen LogP contribution in [0.3, 0.4) is 0 Å². The molecule has 2 aromatic rings. The summed E-state index contributed by atoms with van der Waals surface area (Å²) in [5.74, 6) is -2.21. The Balaban J connectivity index is 1.74. The second kappa shape index (κ2) is 13.0. The summed E-state index contributed by atoms with van der Waals surface area (Å²) in [5.41, 5.74) is 4.05. The molecule has 3 heterocycles. The lowest BCUT2D eigenvalue weighted by atomic mass is 9.90. The number of carbonyl (C=O) groups is 4. The molecule has 3 N–H and O–H groups in total. The molecule has 2 aliphatic heterocycles. The van der Waals surface area contributed by atoms with Crippen molar-refractivity contribution in [1.82, 2.24) is 26.1 Å². The molecule has 0 aliphatic carbocycles. The topological polar surface area (TPSA) is 139 Å². The maximum absolute atomic E-state index is 13.5. The van der Waals surface area contributed by atoms with Crippen molar-refractivity contribution in [3.05, 3.63) is 47.7 Å². The Morgan fingerprint density at radius 1 is 1.07 bits per heavy atom. The molecule has 0 spiro atoms. The summed E-state index contributed by atoms with van der Waals surface area (Å²) in [4.78, 5) is 58.0. The summed E-state index contributed by atoms with van der Waals surface area (Å²) < 4.78 is 11.1. The Bertz CT molecular complexity index is 1380. The Morgan fingerprint density at radius 2 is 1.79 bits per heavy atom. The van der Waals surface area contributed by atoms with E-state index in [2.05, 4.69) is 16.1 Å². The monoisotopic (exact) mass is 579 g/mol. The zero-order valence-corrected chi connectivity index (χ0v) is 25.1. The Kier molecular flexibility index (Phi) is 9.63. The molecular weight excluding hydrogens is 538 g/mol. The van der Waals surface area contributed by atoms with Crippen LogP contribution >= 0.6 is 0 Å². The fourth-order valence-corrected chi connectivity index (χ4v) is 5.11. The van der Waals surface area contributed by atoms with Gasteiger partial charge in [-0.3, -0.25) is 29.2 Å². The lowest BCUT2D eigenvalue weighted by Gasteiger charge is -2.35. The molecule has 5 bridgehead atoms. The number of aromatic nitrogens is 1. The van der Waals surface area contributed by atoms with Crippen LogP contribution < -0.4 is 16.1 Å². The van der Waals surface area contributed by atoms with E-state index in [4.69, 9.17) is 14.5 Å². The minimum atomic E-state index is -1.20. The van der Waals surface area contributed by atoms with Crippen molar-refractivity contribution in [3.63, 3.8) is 0 Å². The molecule has 42 heavy (non-hydrogen) atoms. The van der Waals surface area contributed by atoms with Crippen LogP contribution in [0.25, 0.3) is 17.0 Å². The van der Waals surface area contributed by atoms with Crippen molar-refractivity contribution in [2.45, 2.75) is 71.7 Å². The van der Waals surface area contributed by atoms with Crippen molar-refractivity contribution in [3.8, 4) is 0 Å². The summed E-state index contributed by atoms with van der Waals surface area (Å²) in [6, 6.07) is 7.67. The number of carbonyl (C=O) groups excluding carboxylic acids is 4. The quantitative estimate of drug-likeness (QED) is 0.472. The molecule has 3 amide bonds. The number of amides is 3. The van der Waals surface area contributed by atoms with Gasteiger partial charge in [0.2, 0.25) is 5.91 Å². The van der Waals surface area contributed by atoms with Gasteiger partial charge in [-0.25, -0.2) is 5.43 Å². The summed E-state index contributed by atoms with van der Waals surface area (Å²) in [6.45, 7) is 9.06. The third kappa shape index (κ3) is 6.96. The maximum atomic E-state index is 13.5. The largest absolute Gasteiger partial charge is 0.451 e. The van der Waals surface area contributed by atoms with Crippen LogP contribution in [0.1, 0.15) is 64.8 Å². The van der Waals surface area contributed by atoms with E-state index in [-0.39, 0.29) is 24.5 Å². The van der Waals surface area contributed by atoms with E-state index in [0.717, 1.165) is 16.5 Å². The number of rotatable bonds is 3. The molecule has 2 aliphatic rings. The Morgan fingerprint density at radius 3 is 2.50 bits per heavy atom. The molecule has 11 heteroatoms. The first-order chi connectivity index (χ1) is 19.9. The van der Waals surface area contributed by atoms with E-state index in [9.17, 15) is 19.2 Å². The number of fused-ring (bicyclic) bond motifs is 4. The first-order valence-electron chi connectivity index (χ1n) is 14.4. The summed E-state index contributed by atoms with van der Waals surface area (Å²) in [7, 11) is 1.49. The van der Waals surface area contributed by atoms with Crippen LogP contribution in [0, 0.1) is 11.3 Å². The molecule has 0 radical (unpaired) electrons. The van der Waals surface area contributed by atoms with E-state index < -0.39 is 41.4 Å². The molecule has 226 valence electrons. The van der Waals surface area contributed by atoms with Crippen LogP contribution in [0.5, 0.6) is 0 Å². The number of hydrogen-bond donors (Lipinski definition) is 3. The van der Waals surface area contributed by atoms with Crippen molar-refractivity contribution < 1.29 is 28.7 Å². The van der Waals surface area contributed by atoms with Crippen LogP contribution in [0.4, 0.5) is 0 Å². The van der Waals surface area contributed by atoms with Crippen molar-refractivity contribution >= 4 is 40.7 Å². The lowest BCUT2D eigenvalue weighted by Crippen LogP contribution is -2.61. The average molecular weight is 580 g/mol. The Hall–Kier alpha value is -3.83. The third-order valence-corrected chi connectivity index (χ3v) is 7.69. The van der Waals surface area contributed by atoms with Gasteiger partial charge in [0.05, 0.1) is 23.9 Å². The van der Waals surface area contributed by atoms with Gasteiger partial charge in [-0.2, -0.15) is 0 Å². The summed E-state index contributed by atoms with van der Waals surface area (Å²) in [5, 5.41) is 8.01. The van der Waals surface area contributed by atoms with E-state index in [1.165, 1.54) is 12.1 Å². The van der Waals surface area contributed by atoms with Gasteiger partial charge in [0.25, 0.3) is 11.8 Å². The molecule has 5 atom stereocenters. The van der Waals surface area contributed by atoms with E-state index in [1.807, 2.05) is 37.3 Å². The van der Waals surface area contributed by atoms with Gasteiger partial charge >= 0.3 is 5.97 Å². The van der Waals surface area contributed by atoms with Gasteiger partial charge < -0.3 is 20.1 Å². The fraction of sp³-hybridized carbons (Fsp3) is 0.516. The molecule has 0 saturated carbocycles. The molecule has 1 fully saturated rings. The zero-order chi connectivity index (χ0) is 30.6. The minimum Gasteiger partial charge on any atom is -0.451 e. The molecule has 1 aromatic heterocycles. The normalized spacial score (nSPS) is 28.8.